The highest BCUT2D eigenvalue weighted by Gasteiger charge is 2.36. The Morgan fingerprint density at radius 3 is 2.62 bits per heavy atom. The van der Waals surface area contributed by atoms with Crippen molar-refractivity contribution in [3.05, 3.63) is 35.4 Å². The standard InChI is InChI=1S/C17H26N2O2/c1-2-11-21-13-15-8-4-3-7-14(15)12-19-16(20)17(18)9-5-6-10-17/h3-4,7-8H,2,5-6,9-13,18H2,1H3,(H,19,20). The Bertz CT molecular complexity index is 468. The van der Waals surface area contributed by atoms with Crippen molar-refractivity contribution < 1.29 is 9.53 Å². The highest BCUT2D eigenvalue weighted by atomic mass is 16.5. The normalized spacial score (nSPS) is 16.9. The molecule has 0 unspecified atom stereocenters. The molecule has 0 atom stereocenters. The third-order valence-corrected chi connectivity index (χ3v) is 4.11. The van der Waals surface area contributed by atoms with Crippen LogP contribution in [0.2, 0.25) is 0 Å². The molecule has 0 saturated heterocycles. The van der Waals surface area contributed by atoms with Gasteiger partial charge in [-0.15, -0.1) is 0 Å². The first-order chi connectivity index (χ1) is 10.2. The van der Waals surface area contributed by atoms with Gasteiger partial charge >= 0.3 is 0 Å². The smallest absolute Gasteiger partial charge is 0.240 e. The lowest BCUT2D eigenvalue weighted by molar-refractivity contribution is -0.126. The van der Waals surface area contributed by atoms with Crippen molar-refractivity contribution in [1.82, 2.24) is 5.32 Å². The number of nitrogens with two attached hydrogens (primary N) is 1. The number of hydrogen-bond acceptors (Lipinski definition) is 3. The van der Waals surface area contributed by atoms with Crippen molar-refractivity contribution in [3.63, 3.8) is 0 Å². The monoisotopic (exact) mass is 290 g/mol. The molecule has 1 amide bonds. The van der Waals surface area contributed by atoms with Gasteiger partial charge in [0.2, 0.25) is 5.91 Å². The molecule has 1 aromatic rings. The third kappa shape index (κ3) is 4.29. The van der Waals surface area contributed by atoms with Crippen LogP contribution in [0.25, 0.3) is 0 Å². The second-order valence-corrected chi connectivity index (χ2v) is 5.87. The molecule has 21 heavy (non-hydrogen) atoms. The second kappa shape index (κ2) is 7.57. The summed E-state index contributed by atoms with van der Waals surface area (Å²) >= 11 is 0. The van der Waals surface area contributed by atoms with E-state index in [4.69, 9.17) is 10.5 Å². The molecule has 0 aromatic heterocycles. The van der Waals surface area contributed by atoms with Gasteiger partial charge in [0.25, 0.3) is 0 Å². The van der Waals surface area contributed by atoms with E-state index in [0.29, 0.717) is 13.2 Å². The first-order valence-corrected chi connectivity index (χ1v) is 7.87. The lowest BCUT2D eigenvalue weighted by Gasteiger charge is -2.22. The van der Waals surface area contributed by atoms with Crippen LogP contribution in [0.3, 0.4) is 0 Å². The van der Waals surface area contributed by atoms with Gasteiger partial charge in [-0.3, -0.25) is 4.79 Å². The molecule has 0 radical (unpaired) electrons. The van der Waals surface area contributed by atoms with E-state index < -0.39 is 5.54 Å². The van der Waals surface area contributed by atoms with Crippen molar-refractivity contribution in [2.75, 3.05) is 6.61 Å². The molecule has 3 N–H and O–H groups in total. The average Bonchev–Trinajstić information content (AvgIpc) is 2.94. The van der Waals surface area contributed by atoms with Crippen molar-refractivity contribution >= 4 is 5.91 Å². The molecule has 4 heteroatoms. The summed E-state index contributed by atoms with van der Waals surface area (Å²) in [6.45, 7) is 3.96. The summed E-state index contributed by atoms with van der Waals surface area (Å²) in [5.41, 5.74) is 7.74. The molecular weight excluding hydrogens is 264 g/mol. The molecule has 0 heterocycles. The van der Waals surface area contributed by atoms with E-state index >= 15 is 0 Å². The quantitative estimate of drug-likeness (QED) is 0.758. The topological polar surface area (TPSA) is 64.3 Å². The minimum atomic E-state index is -0.659. The molecule has 1 aliphatic rings. The van der Waals surface area contributed by atoms with Crippen molar-refractivity contribution in [2.45, 2.75) is 57.7 Å². The number of amides is 1. The predicted molar refractivity (Wildman–Crippen MR) is 83.6 cm³/mol. The largest absolute Gasteiger partial charge is 0.377 e. The zero-order valence-electron chi connectivity index (χ0n) is 12.9. The van der Waals surface area contributed by atoms with Gasteiger partial charge in [0.05, 0.1) is 12.1 Å². The molecule has 1 saturated carbocycles. The highest BCUT2D eigenvalue weighted by Crippen LogP contribution is 2.27. The lowest BCUT2D eigenvalue weighted by atomic mass is 9.98. The van der Waals surface area contributed by atoms with Crippen LogP contribution in [-0.4, -0.2) is 18.1 Å². The van der Waals surface area contributed by atoms with E-state index in [-0.39, 0.29) is 5.91 Å². The fraction of sp³-hybridized carbons (Fsp3) is 0.588. The Morgan fingerprint density at radius 1 is 1.29 bits per heavy atom. The van der Waals surface area contributed by atoms with E-state index in [0.717, 1.165) is 49.8 Å². The number of ether oxygens (including phenoxy) is 1. The van der Waals surface area contributed by atoms with E-state index in [1.807, 2.05) is 24.3 Å². The van der Waals surface area contributed by atoms with Crippen molar-refractivity contribution in [2.24, 2.45) is 5.73 Å². The maximum Gasteiger partial charge on any atom is 0.240 e. The van der Waals surface area contributed by atoms with Crippen LogP contribution in [0.5, 0.6) is 0 Å². The molecule has 0 spiro atoms. The maximum absolute atomic E-state index is 12.2. The zero-order valence-corrected chi connectivity index (χ0v) is 12.9. The van der Waals surface area contributed by atoms with Gasteiger partial charge < -0.3 is 15.8 Å². The second-order valence-electron chi connectivity index (χ2n) is 5.87. The Labute approximate surface area is 127 Å². The Balaban J connectivity index is 1.91. The Morgan fingerprint density at radius 2 is 1.95 bits per heavy atom. The predicted octanol–water partition coefficient (Wildman–Crippen LogP) is 2.50. The van der Waals surface area contributed by atoms with Crippen molar-refractivity contribution in [1.29, 1.82) is 0 Å². The number of rotatable bonds is 7. The first-order valence-electron chi connectivity index (χ1n) is 7.87. The van der Waals surface area contributed by atoms with Gasteiger partial charge in [-0.1, -0.05) is 44.0 Å². The fourth-order valence-electron chi connectivity index (χ4n) is 2.78. The van der Waals surface area contributed by atoms with Crippen LogP contribution < -0.4 is 11.1 Å². The number of carbonyl (C=O) groups excluding carboxylic acids is 1. The molecule has 2 rings (SSSR count). The van der Waals surface area contributed by atoms with Crippen LogP contribution in [0.4, 0.5) is 0 Å². The molecule has 0 aliphatic heterocycles. The van der Waals surface area contributed by atoms with Crippen molar-refractivity contribution in [3.8, 4) is 0 Å². The van der Waals surface area contributed by atoms with E-state index in [9.17, 15) is 4.79 Å². The van der Waals surface area contributed by atoms with Gasteiger partial charge in [0.15, 0.2) is 0 Å². The third-order valence-electron chi connectivity index (χ3n) is 4.11. The van der Waals surface area contributed by atoms with Gasteiger partial charge in [-0.05, 0) is 30.4 Å². The van der Waals surface area contributed by atoms with Crippen LogP contribution in [0.15, 0.2) is 24.3 Å². The SMILES string of the molecule is CCCOCc1ccccc1CNC(=O)C1(N)CCCC1. The molecule has 1 aromatic carbocycles. The summed E-state index contributed by atoms with van der Waals surface area (Å²) in [5, 5.41) is 2.99. The summed E-state index contributed by atoms with van der Waals surface area (Å²) in [7, 11) is 0. The highest BCUT2D eigenvalue weighted by molar-refractivity contribution is 5.86. The van der Waals surface area contributed by atoms with E-state index in [1.165, 1.54) is 0 Å². The number of carbonyl (C=O) groups is 1. The van der Waals surface area contributed by atoms with Crippen LogP contribution in [0.1, 0.15) is 50.2 Å². The fourth-order valence-corrected chi connectivity index (χ4v) is 2.78. The molecule has 1 aliphatic carbocycles. The maximum atomic E-state index is 12.2. The van der Waals surface area contributed by atoms with E-state index in [1.54, 1.807) is 0 Å². The van der Waals surface area contributed by atoms with Crippen LogP contribution in [-0.2, 0) is 22.7 Å². The molecular formula is C17H26N2O2. The number of benzene rings is 1. The average molecular weight is 290 g/mol. The molecule has 116 valence electrons. The summed E-state index contributed by atoms with van der Waals surface area (Å²) < 4.78 is 5.60. The molecule has 4 nitrogen and oxygen atoms in total. The zero-order chi connectivity index (χ0) is 15.1. The first kappa shape index (κ1) is 16.0. The number of nitrogens with one attached hydrogen (secondary N) is 1. The lowest BCUT2D eigenvalue weighted by Crippen LogP contribution is -2.51. The van der Waals surface area contributed by atoms with E-state index in [2.05, 4.69) is 12.2 Å². The summed E-state index contributed by atoms with van der Waals surface area (Å²) in [6.07, 6.45) is 4.69. The molecule has 0 bridgehead atoms. The minimum absolute atomic E-state index is 0.0238. The minimum Gasteiger partial charge on any atom is -0.377 e. The van der Waals surface area contributed by atoms with Gasteiger partial charge in [-0.2, -0.15) is 0 Å². The molecule has 1 fully saturated rings. The van der Waals surface area contributed by atoms with Crippen LogP contribution >= 0.6 is 0 Å². The van der Waals surface area contributed by atoms with Gasteiger partial charge in [0.1, 0.15) is 0 Å². The van der Waals surface area contributed by atoms with Gasteiger partial charge in [0, 0.05) is 13.2 Å². The Hall–Kier alpha value is -1.39. The summed E-state index contributed by atoms with van der Waals surface area (Å²) in [5.74, 6) is -0.0238. The Kier molecular flexibility index (Phi) is 5.76. The summed E-state index contributed by atoms with van der Waals surface area (Å²) in [6, 6.07) is 8.06. The van der Waals surface area contributed by atoms with Gasteiger partial charge in [-0.25, -0.2) is 0 Å². The summed E-state index contributed by atoms with van der Waals surface area (Å²) in [4.78, 5) is 12.2. The number of hydrogen-bond donors (Lipinski definition) is 2. The van der Waals surface area contributed by atoms with Crippen LogP contribution in [0, 0.1) is 0 Å².